The van der Waals surface area contributed by atoms with Crippen molar-refractivity contribution in [3.63, 3.8) is 0 Å². The van der Waals surface area contributed by atoms with Crippen molar-refractivity contribution in [3.8, 4) is 5.69 Å². The molecule has 9 heteroatoms. The number of nitrogens with one attached hydrogen (secondary N) is 2. The van der Waals surface area contributed by atoms with Gasteiger partial charge < -0.3 is 10.6 Å². The van der Waals surface area contributed by atoms with Crippen molar-refractivity contribution in [2.24, 2.45) is 5.92 Å². The van der Waals surface area contributed by atoms with Crippen LogP contribution in [-0.4, -0.2) is 45.0 Å². The van der Waals surface area contributed by atoms with Crippen LogP contribution in [0.3, 0.4) is 0 Å². The zero-order valence-electron chi connectivity index (χ0n) is 13.2. The van der Waals surface area contributed by atoms with Gasteiger partial charge in [0.25, 0.3) is 11.6 Å². The van der Waals surface area contributed by atoms with Crippen molar-refractivity contribution in [1.82, 2.24) is 25.6 Å². The molecular weight excluding hydrogens is 312 g/mol. The first-order chi connectivity index (χ1) is 11.5. The Balaban J connectivity index is 1.74. The van der Waals surface area contributed by atoms with E-state index in [1.807, 2.05) is 0 Å². The van der Waals surface area contributed by atoms with Gasteiger partial charge in [0.05, 0.1) is 16.8 Å². The minimum atomic E-state index is -0.480. The van der Waals surface area contributed by atoms with Gasteiger partial charge in [-0.05, 0) is 31.5 Å². The molecule has 1 fully saturated rings. The monoisotopic (exact) mass is 330 g/mol. The number of benzene rings is 1. The van der Waals surface area contributed by atoms with Gasteiger partial charge in [0.15, 0.2) is 5.69 Å². The van der Waals surface area contributed by atoms with Crippen molar-refractivity contribution >= 4 is 11.6 Å². The molecule has 0 aliphatic carbocycles. The number of carbonyl (C=O) groups is 1. The van der Waals surface area contributed by atoms with Gasteiger partial charge in [-0.15, -0.1) is 5.10 Å². The fourth-order valence-corrected chi connectivity index (χ4v) is 2.71. The SMILES string of the molecule is CC1CNCCC1NC(=O)c1cn(-c2cccc([N+](=O)[O-])c2)nn1. The molecule has 1 aromatic heterocycles. The highest BCUT2D eigenvalue weighted by molar-refractivity contribution is 5.92. The zero-order valence-corrected chi connectivity index (χ0v) is 13.2. The van der Waals surface area contributed by atoms with Crippen LogP contribution in [0.5, 0.6) is 0 Å². The maximum atomic E-state index is 12.3. The molecule has 126 valence electrons. The molecule has 1 aromatic carbocycles. The summed E-state index contributed by atoms with van der Waals surface area (Å²) in [6.07, 6.45) is 2.34. The van der Waals surface area contributed by atoms with E-state index in [0.717, 1.165) is 19.5 Å². The Morgan fingerprint density at radius 3 is 3.08 bits per heavy atom. The summed E-state index contributed by atoms with van der Waals surface area (Å²) < 4.78 is 1.35. The standard InChI is InChI=1S/C15H18N6O3/c1-10-8-16-6-5-13(10)17-15(22)14-9-20(19-18-14)11-3-2-4-12(7-11)21(23)24/h2-4,7,9-10,13,16H,5-6,8H2,1H3,(H,17,22). The lowest BCUT2D eigenvalue weighted by Crippen LogP contribution is -2.48. The van der Waals surface area contributed by atoms with Crippen molar-refractivity contribution in [2.75, 3.05) is 13.1 Å². The Hall–Kier alpha value is -2.81. The van der Waals surface area contributed by atoms with Crippen molar-refractivity contribution < 1.29 is 9.72 Å². The number of nitro benzene ring substituents is 1. The van der Waals surface area contributed by atoms with E-state index in [-0.39, 0.29) is 23.3 Å². The predicted octanol–water partition coefficient (Wildman–Crippen LogP) is 0.903. The van der Waals surface area contributed by atoms with E-state index in [4.69, 9.17) is 0 Å². The third-order valence-electron chi connectivity index (χ3n) is 4.13. The van der Waals surface area contributed by atoms with Crippen LogP contribution in [-0.2, 0) is 0 Å². The molecule has 2 aromatic rings. The number of hydrogen-bond acceptors (Lipinski definition) is 6. The molecule has 2 heterocycles. The van der Waals surface area contributed by atoms with Gasteiger partial charge in [-0.25, -0.2) is 4.68 Å². The highest BCUT2D eigenvalue weighted by Crippen LogP contribution is 2.16. The van der Waals surface area contributed by atoms with E-state index in [1.54, 1.807) is 12.1 Å². The summed E-state index contributed by atoms with van der Waals surface area (Å²) in [6, 6.07) is 6.10. The molecule has 3 rings (SSSR count). The van der Waals surface area contributed by atoms with E-state index >= 15 is 0 Å². The summed E-state index contributed by atoms with van der Waals surface area (Å²) in [6.45, 7) is 3.82. The smallest absolute Gasteiger partial charge is 0.273 e. The molecule has 0 spiro atoms. The normalized spacial score (nSPS) is 20.5. The molecule has 24 heavy (non-hydrogen) atoms. The first-order valence-electron chi connectivity index (χ1n) is 7.73. The average molecular weight is 330 g/mol. The molecular formula is C15H18N6O3. The van der Waals surface area contributed by atoms with Crippen molar-refractivity contribution in [2.45, 2.75) is 19.4 Å². The molecule has 1 aliphatic rings. The maximum Gasteiger partial charge on any atom is 0.273 e. The molecule has 0 bridgehead atoms. The number of nitro groups is 1. The molecule has 9 nitrogen and oxygen atoms in total. The third kappa shape index (κ3) is 3.40. The minimum absolute atomic E-state index is 0.0440. The number of amides is 1. The van der Waals surface area contributed by atoms with Crippen LogP contribution in [0.25, 0.3) is 5.69 Å². The number of hydrogen-bond donors (Lipinski definition) is 2. The van der Waals surface area contributed by atoms with E-state index in [2.05, 4.69) is 27.9 Å². The van der Waals surface area contributed by atoms with E-state index in [1.165, 1.54) is 23.0 Å². The molecule has 1 aliphatic heterocycles. The highest BCUT2D eigenvalue weighted by atomic mass is 16.6. The van der Waals surface area contributed by atoms with Gasteiger partial charge in [-0.1, -0.05) is 18.2 Å². The molecule has 1 saturated heterocycles. The van der Waals surface area contributed by atoms with Gasteiger partial charge in [-0.3, -0.25) is 14.9 Å². The summed E-state index contributed by atoms with van der Waals surface area (Å²) in [5.41, 5.74) is 0.621. The lowest BCUT2D eigenvalue weighted by molar-refractivity contribution is -0.384. The van der Waals surface area contributed by atoms with Crippen LogP contribution < -0.4 is 10.6 Å². The van der Waals surface area contributed by atoms with E-state index < -0.39 is 4.92 Å². The number of carbonyl (C=O) groups excluding carboxylic acids is 1. The fraction of sp³-hybridized carbons (Fsp3) is 0.400. The zero-order chi connectivity index (χ0) is 17.1. The lowest BCUT2D eigenvalue weighted by Gasteiger charge is -2.29. The van der Waals surface area contributed by atoms with E-state index in [0.29, 0.717) is 11.6 Å². The minimum Gasteiger partial charge on any atom is -0.347 e. The molecule has 2 N–H and O–H groups in total. The van der Waals surface area contributed by atoms with Gasteiger partial charge in [0.2, 0.25) is 0 Å². The fourth-order valence-electron chi connectivity index (χ4n) is 2.71. The summed E-state index contributed by atoms with van der Waals surface area (Å²) in [5.74, 6) is 0.0555. The van der Waals surface area contributed by atoms with Gasteiger partial charge in [-0.2, -0.15) is 0 Å². The molecule has 2 atom stereocenters. The summed E-state index contributed by atoms with van der Waals surface area (Å²) in [4.78, 5) is 22.7. The Bertz CT molecular complexity index is 759. The van der Waals surface area contributed by atoms with Crippen LogP contribution in [0, 0.1) is 16.0 Å². The summed E-state index contributed by atoms with van der Waals surface area (Å²) >= 11 is 0. The number of rotatable bonds is 4. The summed E-state index contributed by atoms with van der Waals surface area (Å²) in [7, 11) is 0. The second kappa shape index (κ2) is 6.75. The molecule has 2 unspecified atom stereocenters. The average Bonchev–Trinajstić information content (AvgIpc) is 3.07. The van der Waals surface area contributed by atoms with Crippen molar-refractivity contribution in [3.05, 3.63) is 46.3 Å². The lowest BCUT2D eigenvalue weighted by atomic mass is 9.95. The topological polar surface area (TPSA) is 115 Å². The van der Waals surface area contributed by atoms with Crippen LogP contribution in [0.2, 0.25) is 0 Å². The Morgan fingerprint density at radius 2 is 2.33 bits per heavy atom. The van der Waals surface area contributed by atoms with Crippen LogP contribution in [0.1, 0.15) is 23.8 Å². The number of piperidine rings is 1. The molecule has 0 saturated carbocycles. The van der Waals surface area contributed by atoms with Crippen molar-refractivity contribution in [1.29, 1.82) is 0 Å². The number of aromatic nitrogens is 3. The largest absolute Gasteiger partial charge is 0.347 e. The molecule has 0 radical (unpaired) electrons. The number of non-ortho nitro benzene ring substituents is 1. The predicted molar refractivity (Wildman–Crippen MR) is 85.9 cm³/mol. The van der Waals surface area contributed by atoms with E-state index in [9.17, 15) is 14.9 Å². The van der Waals surface area contributed by atoms with Gasteiger partial charge >= 0.3 is 0 Å². The maximum absolute atomic E-state index is 12.3. The van der Waals surface area contributed by atoms with Crippen LogP contribution in [0.4, 0.5) is 5.69 Å². The first kappa shape index (κ1) is 16.1. The molecule has 1 amide bonds. The quantitative estimate of drug-likeness (QED) is 0.636. The Kier molecular flexibility index (Phi) is 4.52. The number of nitrogens with zero attached hydrogens (tertiary/aromatic N) is 4. The van der Waals surface area contributed by atoms with Crippen LogP contribution >= 0.6 is 0 Å². The third-order valence-corrected chi connectivity index (χ3v) is 4.13. The van der Waals surface area contributed by atoms with Crippen LogP contribution in [0.15, 0.2) is 30.5 Å². The summed E-state index contributed by atoms with van der Waals surface area (Å²) in [5, 5.41) is 24.9. The second-order valence-electron chi connectivity index (χ2n) is 5.88. The Labute approximate surface area is 138 Å². The van der Waals surface area contributed by atoms with Gasteiger partial charge in [0, 0.05) is 18.2 Å². The Morgan fingerprint density at radius 1 is 1.50 bits per heavy atom. The first-order valence-corrected chi connectivity index (χ1v) is 7.73. The highest BCUT2D eigenvalue weighted by Gasteiger charge is 2.24. The van der Waals surface area contributed by atoms with Gasteiger partial charge in [0.1, 0.15) is 0 Å². The second-order valence-corrected chi connectivity index (χ2v) is 5.88.